The smallest absolute Gasteiger partial charge is 0.125 e. The van der Waals surface area contributed by atoms with Crippen molar-refractivity contribution >= 4 is 17.3 Å². The highest BCUT2D eigenvalue weighted by Gasteiger charge is 2.10. The Kier molecular flexibility index (Phi) is 3.71. The monoisotopic (exact) mass is 251 g/mol. The van der Waals surface area contributed by atoms with Gasteiger partial charge >= 0.3 is 0 Å². The molecule has 0 spiro atoms. The molecular weight excluding hydrogens is 238 g/mol. The molecule has 0 bridgehead atoms. The number of rotatable bonds is 4. The zero-order valence-electron chi connectivity index (χ0n) is 9.48. The van der Waals surface area contributed by atoms with Crippen LogP contribution in [-0.2, 0) is 6.61 Å². The molecule has 2 rings (SSSR count). The van der Waals surface area contributed by atoms with E-state index in [9.17, 15) is 0 Å². The van der Waals surface area contributed by atoms with Gasteiger partial charge in [0.15, 0.2) is 0 Å². The molecule has 0 aliphatic heterocycles. The molecule has 0 saturated carbocycles. The number of aliphatic hydroxyl groups is 1. The molecule has 1 aromatic heterocycles. The van der Waals surface area contributed by atoms with Crippen LogP contribution < -0.4 is 5.32 Å². The van der Waals surface area contributed by atoms with Gasteiger partial charge in [-0.1, -0.05) is 17.7 Å². The fourth-order valence-corrected chi connectivity index (χ4v) is 1.80. The Balaban J connectivity index is 2.18. The molecule has 1 heterocycles. The van der Waals surface area contributed by atoms with Crippen molar-refractivity contribution in [3.8, 4) is 0 Å². The van der Waals surface area contributed by atoms with Crippen LogP contribution in [0.2, 0.25) is 5.02 Å². The molecule has 17 heavy (non-hydrogen) atoms. The van der Waals surface area contributed by atoms with Gasteiger partial charge in [0.05, 0.1) is 29.6 Å². The van der Waals surface area contributed by atoms with Crippen molar-refractivity contribution < 1.29 is 9.52 Å². The topological polar surface area (TPSA) is 45.4 Å². The van der Waals surface area contributed by atoms with Gasteiger partial charge in [0, 0.05) is 0 Å². The van der Waals surface area contributed by atoms with E-state index in [4.69, 9.17) is 21.1 Å². The zero-order chi connectivity index (χ0) is 12.3. The molecule has 4 heteroatoms. The molecule has 1 unspecified atom stereocenters. The van der Waals surface area contributed by atoms with E-state index in [1.165, 1.54) is 0 Å². The first-order valence-corrected chi connectivity index (χ1v) is 5.77. The van der Waals surface area contributed by atoms with Gasteiger partial charge in [-0.15, -0.1) is 0 Å². The lowest BCUT2D eigenvalue weighted by Gasteiger charge is -2.15. The Bertz CT molecular complexity index is 482. The van der Waals surface area contributed by atoms with Gasteiger partial charge in [-0.25, -0.2) is 0 Å². The number of nitrogens with one attached hydrogen (secondary N) is 1. The van der Waals surface area contributed by atoms with E-state index < -0.39 is 0 Å². The second-order valence-electron chi connectivity index (χ2n) is 3.85. The summed E-state index contributed by atoms with van der Waals surface area (Å²) < 4.78 is 5.31. The molecular formula is C13H14ClNO2. The second kappa shape index (κ2) is 5.25. The van der Waals surface area contributed by atoms with Crippen LogP contribution in [0, 0.1) is 0 Å². The van der Waals surface area contributed by atoms with E-state index >= 15 is 0 Å². The van der Waals surface area contributed by atoms with Crippen molar-refractivity contribution in [3.05, 3.63) is 52.9 Å². The normalized spacial score (nSPS) is 12.4. The van der Waals surface area contributed by atoms with Gasteiger partial charge in [-0.2, -0.15) is 0 Å². The van der Waals surface area contributed by atoms with Gasteiger partial charge in [-0.05, 0) is 36.8 Å². The second-order valence-corrected chi connectivity index (χ2v) is 4.26. The van der Waals surface area contributed by atoms with Gasteiger partial charge in [0.1, 0.15) is 5.76 Å². The van der Waals surface area contributed by atoms with Crippen LogP contribution in [0.5, 0.6) is 0 Å². The summed E-state index contributed by atoms with van der Waals surface area (Å²) >= 11 is 6.08. The maximum Gasteiger partial charge on any atom is 0.125 e. The van der Waals surface area contributed by atoms with Crippen molar-refractivity contribution in [2.24, 2.45) is 0 Å². The van der Waals surface area contributed by atoms with Gasteiger partial charge < -0.3 is 14.8 Å². The molecule has 3 nitrogen and oxygen atoms in total. The number of halogens is 1. The summed E-state index contributed by atoms with van der Waals surface area (Å²) in [7, 11) is 0. The molecule has 0 aliphatic rings. The van der Waals surface area contributed by atoms with Crippen LogP contribution in [0.3, 0.4) is 0 Å². The Hall–Kier alpha value is -1.45. The Morgan fingerprint density at radius 3 is 2.88 bits per heavy atom. The predicted molar refractivity (Wildman–Crippen MR) is 68.1 cm³/mol. The van der Waals surface area contributed by atoms with E-state index in [0.29, 0.717) is 5.02 Å². The number of benzene rings is 1. The van der Waals surface area contributed by atoms with E-state index in [-0.39, 0.29) is 12.6 Å². The summed E-state index contributed by atoms with van der Waals surface area (Å²) in [5, 5.41) is 13.0. The summed E-state index contributed by atoms with van der Waals surface area (Å²) in [5.41, 5.74) is 1.62. The van der Waals surface area contributed by atoms with Crippen LogP contribution in [-0.4, -0.2) is 5.11 Å². The quantitative estimate of drug-likeness (QED) is 0.873. The molecule has 0 amide bonds. The number of aliphatic hydroxyl groups excluding tert-OH is 1. The highest BCUT2D eigenvalue weighted by molar-refractivity contribution is 6.33. The Morgan fingerprint density at radius 2 is 2.24 bits per heavy atom. The standard InChI is InChI=1S/C13H14ClNO2/c1-9(13-3-2-6-17-13)15-12-7-10(8-16)4-5-11(12)14/h2-7,9,15-16H,8H2,1H3. The molecule has 0 radical (unpaired) electrons. The first-order valence-electron chi connectivity index (χ1n) is 5.40. The number of anilines is 1. The van der Waals surface area contributed by atoms with Crippen molar-refractivity contribution in [2.75, 3.05) is 5.32 Å². The van der Waals surface area contributed by atoms with E-state index in [1.54, 1.807) is 18.4 Å². The van der Waals surface area contributed by atoms with Crippen molar-refractivity contribution in [3.63, 3.8) is 0 Å². The summed E-state index contributed by atoms with van der Waals surface area (Å²) in [6.45, 7) is 1.99. The lowest BCUT2D eigenvalue weighted by molar-refractivity contribution is 0.282. The van der Waals surface area contributed by atoms with Gasteiger partial charge in [0.25, 0.3) is 0 Å². The summed E-state index contributed by atoms with van der Waals surface area (Å²) in [4.78, 5) is 0. The highest BCUT2D eigenvalue weighted by atomic mass is 35.5. The molecule has 2 aromatic rings. The number of furan rings is 1. The third-order valence-corrected chi connectivity index (χ3v) is 2.88. The molecule has 2 N–H and O–H groups in total. The fourth-order valence-electron chi connectivity index (χ4n) is 1.62. The van der Waals surface area contributed by atoms with Crippen LogP contribution in [0.4, 0.5) is 5.69 Å². The van der Waals surface area contributed by atoms with Crippen molar-refractivity contribution in [1.82, 2.24) is 0 Å². The minimum Gasteiger partial charge on any atom is -0.467 e. The summed E-state index contributed by atoms with van der Waals surface area (Å²) in [5.74, 6) is 0.843. The van der Waals surface area contributed by atoms with Gasteiger partial charge in [-0.3, -0.25) is 0 Å². The number of hydrogen-bond acceptors (Lipinski definition) is 3. The number of hydrogen-bond donors (Lipinski definition) is 2. The first-order chi connectivity index (χ1) is 8.20. The van der Waals surface area contributed by atoms with Crippen LogP contribution in [0.25, 0.3) is 0 Å². The molecule has 0 saturated heterocycles. The molecule has 90 valence electrons. The predicted octanol–water partition coefficient (Wildman–Crippen LogP) is 3.60. The first kappa shape index (κ1) is 12.0. The maximum absolute atomic E-state index is 9.08. The zero-order valence-corrected chi connectivity index (χ0v) is 10.2. The average Bonchev–Trinajstić information content (AvgIpc) is 2.85. The van der Waals surface area contributed by atoms with Crippen LogP contribution >= 0.6 is 11.6 Å². The third kappa shape index (κ3) is 2.81. The lowest BCUT2D eigenvalue weighted by atomic mass is 10.2. The molecule has 1 atom stereocenters. The van der Waals surface area contributed by atoms with Crippen LogP contribution in [0.1, 0.15) is 24.3 Å². The Labute approximate surface area is 105 Å². The minimum atomic E-state index is 0.000974. The molecule has 1 aromatic carbocycles. The molecule has 0 aliphatic carbocycles. The van der Waals surface area contributed by atoms with E-state index in [1.807, 2.05) is 25.1 Å². The maximum atomic E-state index is 9.08. The summed E-state index contributed by atoms with van der Waals surface area (Å²) in [6, 6.07) is 9.18. The van der Waals surface area contributed by atoms with Crippen molar-refractivity contribution in [2.45, 2.75) is 19.6 Å². The molecule has 0 fully saturated rings. The van der Waals surface area contributed by atoms with E-state index in [0.717, 1.165) is 17.0 Å². The average molecular weight is 252 g/mol. The Morgan fingerprint density at radius 1 is 1.41 bits per heavy atom. The summed E-state index contributed by atoms with van der Waals surface area (Å²) in [6.07, 6.45) is 1.64. The van der Waals surface area contributed by atoms with Crippen molar-refractivity contribution in [1.29, 1.82) is 0 Å². The highest BCUT2D eigenvalue weighted by Crippen LogP contribution is 2.27. The fraction of sp³-hybridized carbons (Fsp3) is 0.231. The minimum absolute atomic E-state index is 0.000974. The SMILES string of the molecule is CC(Nc1cc(CO)ccc1Cl)c1ccco1. The lowest BCUT2D eigenvalue weighted by Crippen LogP contribution is -2.06. The van der Waals surface area contributed by atoms with E-state index in [2.05, 4.69) is 5.32 Å². The third-order valence-electron chi connectivity index (χ3n) is 2.56. The largest absolute Gasteiger partial charge is 0.467 e. The van der Waals surface area contributed by atoms with Gasteiger partial charge in [0.2, 0.25) is 0 Å². The van der Waals surface area contributed by atoms with Crippen LogP contribution in [0.15, 0.2) is 41.0 Å².